The molecular formula is C16H17NO3. The Balaban J connectivity index is 2.33. The van der Waals surface area contributed by atoms with Crippen molar-refractivity contribution in [2.75, 3.05) is 18.5 Å². The second kappa shape index (κ2) is 5.04. The van der Waals surface area contributed by atoms with Crippen molar-refractivity contribution in [1.82, 2.24) is 0 Å². The van der Waals surface area contributed by atoms with Gasteiger partial charge in [0.25, 0.3) is 0 Å². The summed E-state index contributed by atoms with van der Waals surface area (Å²) in [6.07, 6.45) is 1.71. The van der Waals surface area contributed by atoms with Crippen molar-refractivity contribution >= 4 is 22.4 Å². The molecule has 0 saturated heterocycles. The molecule has 4 nitrogen and oxygen atoms in total. The van der Waals surface area contributed by atoms with Crippen LogP contribution in [0.3, 0.4) is 0 Å². The predicted molar refractivity (Wildman–Crippen MR) is 78.4 cm³/mol. The van der Waals surface area contributed by atoms with Crippen LogP contribution in [0.1, 0.15) is 29.3 Å². The molecule has 104 valence electrons. The van der Waals surface area contributed by atoms with E-state index in [4.69, 9.17) is 4.74 Å². The number of benzene rings is 2. The number of phenols is 1. The lowest BCUT2D eigenvalue weighted by molar-refractivity contribution is 0.0522. The maximum absolute atomic E-state index is 12.2. The second-order valence-electron chi connectivity index (χ2n) is 4.87. The Labute approximate surface area is 117 Å². The Bertz CT molecular complexity index is 679. The maximum atomic E-state index is 12.2. The minimum absolute atomic E-state index is 0.0292. The summed E-state index contributed by atoms with van der Waals surface area (Å²) < 4.78 is 5.10. The van der Waals surface area contributed by atoms with Crippen molar-refractivity contribution in [1.29, 1.82) is 0 Å². The lowest BCUT2D eigenvalue weighted by Gasteiger charge is -2.23. The van der Waals surface area contributed by atoms with Crippen LogP contribution in [0.5, 0.6) is 5.75 Å². The molecule has 2 aromatic carbocycles. The number of fused-ring (bicyclic) bond motifs is 3. The lowest BCUT2D eigenvalue weighted by atomic mass is 9.91. The number of carbonyl (C=O) groups is 1. The van der Waals surface area contributed by atoms with Crippen LogP contribution in [0.15, 0.2) is 24.3 Å². The Morgan fingerprint density at radius 2 is 2.10 bits per heavy atom. The van der Waals surface area contributed by atoms with E-state index in [1.54, 1.807) is 6.92 Å². The van der Waals surface area contributed by atoms with Gasteiger partial charge in [-0.2, -0.15) is 0 Å². The third-order valence-corrected chi connectivity index (χ3v) is 3.68. The Hall–Kier alpha value is -2.23. The molecule has 0 spiro atoms. The molecule has 0 saturated carbocycles. The molecule has 3 rings (SSSR count). The van der Waals surface area contributed by atoms with Gasteiger partial charge in [-0.05, 0) is 25.3 Å². The smallest absolute Gasteiger partial charge is 0.342 e. The van der Waals surface area contributed by atoms with Gasteiger partial charge in [-0.1, -0.05) is 24.3 Å². The molecule has 2 N–H and O–H groups in total. The summed E-state index contributed by atoms with van der Waals surface area (Å²) in [6.45, 7) is 2.94. The van der Waals surface area contributed by atoms with Gasteiger partial charge < -0.3 is 15.2 Å². The van der Waals surface area contributed by atoms with Crippen molar-refractivity contribution < 1.29 is 14.6 Å². The zero-order valence-corrected chi connectivity index (χ0v) is 11.4. The first kappa shape index (κ1) is 12.8. The minimum Gasteiger partial charge on any atom is -0.506 e. The van der Waals surface area contributed by atoms with E-state index in [9.17, 15) is 9.90 Å². The zero-order valence-electron chi connectivity index (χ0n) is 11.4. The SMILES string of the molecule is CCOC(=O)c1c2c(c3ccccc3c1O)NCCC2. The zero-order chi connectivity index (χ0) is 14.1. The quantitative estimate of drug-likeness (QED) is 0.651. The van der Waals surface area contributed by atoms with E-state index >= 15 is 0 Å². The van der Waals surface area contributed by atoms with Crippen molar-refractivity contribution in [3.05, 3.63) is 35.4 Å². The Morgan fingerprint density at radius 1 is 1.35 bits per heavy atom. The number of rotatable bonds is 2. The van der Waals surface area contributed by atoms with Gasteiger partial charge in [0.15, 0.2) is 0 Å². The van der Waals surface area contributed by atoms with Gasteiger partial charge in [-0.15, -0.1) is 0 Å². The molecule has 1 heterocycles. The van der Waals surface area contributed by atoms with Crippen LogP contribution in [-0.4, -0.2) is 24.2 Å². The highest BCUT2D eigenvalue weighted by Crippen LogP contribution is 2.41. The molecule has 4 heteroatoms. The number of carbonyl (C=O) groups excluding carboxylic acids is 1. The van der Waals surface area contributed by atoms with E-state index < -0.39 is 5.97 Å². The number of anilines is 1. The first-order chi connectivity index (χ1) is 9.74. The number of nitrogens with one attached hydrogen (secondary N) is 1. The summed E-state index contributed by atoms with van der Waals surface area (Å²) in [5.74, 6) is -0.419. The van der Waals surface area contributed by atoms with Crippen LogP contribution in [0.25, 0.3) is 10.8 Å². The summed E-state index contributed by atoms with van der Waals surface area (Å²) in [6, 6.07) is 7.57. The Kier molecular flexibility index (Phi) is 3.22. The summed E-state index contributed by atoms with van der Waals surface area (Å²) in [5, 5.41) is 15.5. The molecule has 0 bridgehead atoms. The van der Waals surface area contributed by atoms with Crippen LogP contribution in [0.4, 0.5) is 5.69 Å². The molecular weight excluding hydrogens is 254 g/mol. The molecule has 0 atom stereocenters. The molecule has 0 aliphatic carbocycles. The number of hydrogen-bond donors (Lipinski definition) is 2. The standard InChI is InChI=1S/C16H17NO3/c1-2-20-16(19)13-12-8-5-9-17-14(12)10-6-3-4-7-11(10)15(13)18/h3-4,6-7,17-18H,2,5,8-9H2,1H3. The summed E-state index contributed by atoms with van der Waals surface area (Å²) in [4.78, 5) is 12.2. The normalized spacial score (nSPS) is 13.7. The van der Waals surface area contributed by atoms with E-state index in [-0.39, 0.29) is 5.75 Å². The fraction of sp³-hybridized carbons (Fsp3) is 0.312. The average Bonchev–Trinajstić information content (AvgIpc) is 2.48. The first-order valence-electron chi connectivity index (χ1n) is 6.91. The first-order valence-corrected chi connectivity index (χ1v) is 6.91. The summed E-state index contributed by atoms with van der Waals surface area (Å²) in [5.41, 5.74) is 2.13. The number of aromatic hydroxyl groups is 1. The summed E-state index contributed by atoms with van der Waals surface area (Å²) in [7, 11) is 0. The van der Waals surface area contributed by atoms with Crippen LogP contribution in [-0.2, 0) is 11.2 Å². The number of ether oxygens (including phenoxy) is 1. The molecule has 0 aromatic heterocycles. The second-order valence-corrected chi connectivity index (χ2v) is 4.87. The van der Waals surface area contributed by atoms with E-state index in [0.717, 1.165) is 36.0 Å². The lowest BCUT2D eigenvalue weighted by Crippen LogP contribution is -2.17. The maximum Gasteiger partial charge on any atom is 0.342 e. The largest absolute Gasteiger partial charge is 0.506 e. The van der Waals surface area contributed by atoms with Gasteiger partial charge in [0.05, 0.1) is 6.61 Å². The highest BCUT2D eigenvalue weighted by atomic mass is 16.5. The van der Waals surface area contributed by atoms with Crippen molar-refractivity contribution in [2.45, 2.75) is 19.8 Å². The average molecular weight is 271 g/mol. The van der Waals surface area contributed by atoms with Gasteiger partial charge >= 0.3 is 5.97 Å². The minimum atomic E-state index is -0.448. The van der Waals surface area contributed by atoms with Crippen molar-refractivity contribution in [3.8, 4) is 5.75 Å². The molecule has 0 amide bonds. The van der Waals surface area contributed by atoms with Gasteiger partial charge in [0, 0.05) is 23.0 Å². The van der Waals surface area contributed by atoms with Gasteiger partial charge in [-0.3, -0.25) is 0 Å². The van der Waals surface area contributed by atoms with E-state index in [1.165, 1.54) is 0 Å². The predicted octanol–water partition coefficient (Wildman–Crippen LogP) is 3.08. The molecule has 0 radical (unpaired) electrons. The third kappa shape index (κ3) is 1.88. The third-order valence-electron chi connectivity index (χ3n) is 3.68. The van der Waals surface area contributed by atoms with Gasteiger partial charge in [0.2, 0.25) is 0 Å². The number of phenolic OH excluding ortho intramolecular Hbond substituents is 1. The highest BCUT2D eigenvalue weighted by Gasteiger charge is 2.26. The fourth-order valence-electron chi connectivity index (χ4n) is 2.83. The van der Waals surface area contributed by atoms with E-state index in [0.29, 0.717) is 17.6 Å². The fourth-order valence-corrected chi connectivity index (χ4v) is 2.83. The van der Waals surface area contributed by atoms with Crippen molar-refractivity contribution in [3.63, 3.8) is 0 Å². The monoisotopic (exact) mass is 271 g/mol. The molecule has 20 heavy (non-hydrogen) atoms. The van der Waals surface area contributed by atoms with E-state index in [1.807, 2.05) is 24.3 Å². The van der Waals surface area contributed by atoms with Gasteiger partial charge in [-0.25, -0.2) is 4.79 Å². The number of esters is 1. The topological polar surface area (TPSA) is 58.6 Å². The molecule has 0 unspecified atom stereocenters. The summed E-state index contributed by atoms with van der Waals surface area (Å²) >= 11 is 0. The van der Waals surface area contributed by atoms with Crippen LogP contribution in [0.2, 0.25) is 0 Å². The molecule has 2 aromatic rings. The van der Waals surface area contributed by atoms with Crippen molar-refractivity contribution in [2.24, 2.45) is 0 Å². The molecule has 1 aliphatic heterocycles. The Morgan fingerprint density at radius 3 is 2.85 bits per heavy atom. The molecule has 1 aliphatic rings. The van der Waals surface area contributed by atoms with Gasteiger partial charge in [0.1, 0.15) is 11.3 Å². The van der Waals surface area contributed by atoms with E-state index in [2.05, 4.69) is 5.32 Å². The van der Waals surface area contributed by atoms with Crippen LogP contribution in [0, 0.1) is 0 Å². The van der Waals surface area contributed by atoms with Crippen LogP contribution < -0.4 is 5.32 Å². The number of hydrogen-bond acceptors (Lipinski definition) is 4. The molecule has 0 fully saturated rings. The van der Waals surface area contributed by atoms with Crippen LogP contribution >= 0.6 is 0 Å². The highest BCUT2D eigenvalue weighted by molar-refractivity contribution is 6.09.